The van der Waals surface area contributed by atoms with Gasteiger partial charge in [0.15, 0.2) is 0 Å². The lowest BCUT2D eigenvalue weighted by molar-refractivity contribution is 0.0947. The molecule has 0 saturated heterocycles. The number of carbonyl (C=O) groups excluding carboxylic acids is 1. The molecule has 3 N–H and O–H groups in total. The van der Waals surface area contributed by atoms with Gasteiger partial charge in [0.25, 0.3) is 5.91 Å². The van der Waals surface area contributed by atoms with Crippen molar-refractivity contribution in [2.45, 2.75) is 24.0 Å². The molecule has 0 bridgehead atoms. The average Bonchev–Trinajstić information content (AvgIpc) is 3.02. The van der Waals surface area contributed by atoms with E-state index in [0.29, 0.717) is 19.1 Å². The van der Waals surface area contributed by atoms with E-state index >= 15 is 0 Å². The largest absolute Gasteiger partial charge is 0.492 e. The molecule has 0 aliphatic rings. The van der Waals surface area contributed by atoms with Gasteiger partial charge in [0.2, 0.25) is 10.0 Å². The molecule has 0 radical (unpaired) electrons. The molecule has 0 aliphatic heterocycles. The highest BCUT2D eigenvalue weighted by molar-refractivity contribution is 7.91. The summed E-state index contributed by atoms with van der Waals surface area (Å²) in [7, 11) is -3.77. The van der Waals surface area contributed by atoms with Crippen LogP contribution in [0.15, 0.2) is 39.9 Å². The third-order valence-electron chi connectivity index (χ3n) is 3.32. The molecular formula is C16H20N2O4S2. The minimum atomic E-state index is -3.77. The minimum Gasteiger partial charge on any atom is -0.492 e. The quantitative estimate of drug-likeness (QED) is 0.733. The summed E-state index contributed by atoms with van der Waals surface area (Å²) in [6.45, 7) is 4.87. The van der Waals surface area contributed by atoms with Crippen molar-refractivity contribution >= 4 is 27.3 Å². The Balaban J connectivity index is 1.79. The van der Waals surface area contributed by atoms with E-state index in [0.717, 1.165) is 17.1 Å². The van der Waals surface area contributed by atoms with E-state index in [1.54, 1.807) is 0 Å². The summed E-state index contributed by atoms with van der Waals surface area (Å²) in [6.07, 6.45) is 0. The van der Waals surface area contributed by atoms with Crippen molar-refractivity contribution in [3.63, 3.8) is 0 Å². The number of primary sulfonamides is 1. The predicted octanol–water partition coefficient (Wildman–Crippen LogP) is 2.33. The molecule has 0 fully saturated rings. The molecule has 130 valence electrons. The van der Waals surface area contributed by atoms with Crippen molar-refractivity contribution in [1.29, 1.82) is 0 Å². The lowest BCUT2D eigenvalue weighted by Gasteiger charge is -2.09. The highest BCUT2D eigenvalue weighted by Crippen LogP contribution is 2.19. The van der Waals surface area contributed by atoms with Crippen molar-refractivity contribution in [2.24, 2.45) is 5.14 Å². The topological polar surface area (TPSA) is 98.5 Å². The minimum absolute atomic E-state index is 0.0332. The summed E-state index contributed by atoms with van der Waals surface area (Å²) in [6, 6.07) is 9.08. The first-order valence-electron chi connectivity index (χ1n) is 7.39. The Kier molecular flexibility index (Phi) is 5.98. The van der Waals surface area contributed by atoms with Crippen molar-refractivity contribution in [3.05, 3.63) is 46.8 Å². The van der Waals surface area contributed by atoms with Gasteiger partial charge in [-0.25, -0.2) is 13.6 Å². The van der Waals surface area contributed by atoms with Crippen molar-refractivity contribution in [1.82, 2.24) is 5.32 Å². The third kappa shape index (κ3) is 5.05. The van der Waals surface area contributed by atoms with Crippen LogP contribution in [0, 0.1) is 0 Å². The molecule has 1 amide bonds. The van der Waals surface area contributed by atoms with Crippen LogP contribution in [0.5, 0.6) is 5.75 Å². The van der Waals surface area contributed by atoms with Crippen molar-refractivity contribution in [2.75, 3.05) is 13.2 Å². The number of benzene rings is 1. The summed E-state index contributed by atoms with van der Waals surface area (Å²) < 4.78 is 27.9. The maximum Gasteiger partial charge on any atom is 0.252 e. The van der Waals surface area contributed by atoms with Gasteiger partial charge in [-0.05, 0) is 29.7 Å². The van der Waals surface area contributed by atoms with Gasteiger partial charge in [0.05, 0.1) is 12.1 Å². The molecule has 1 heterocycles. The van der Waals surface area contributed by atoms with Gasteiger partial charge in [0.1, 0.15) is 16.6 Å². The van der Waals surface area contributed by atoms with Crippen LogP contribution in [0.25, 0.3) is 0 Å². The number of sulfonamides is 1. The average molecular weight is 368 g/mol. The van der Waals surface area contributed by atoms with Crippen LogP contribution in [0.4, 0.5) is 0 Å². The van der Waals surface area contributed by atoms with Gasteiger partial charge in [-0.2, -0.15) is 0 Å². The molecule has 0 spiro atoms. The Morgan fingerprint density at radius 1 is 1.29 bits per heavy atom. The zero-order valence-electron chi connectivity index (χ0n) is 13.5. The Morgan fingerprint density at radius 2 is 1.96 bits per heavy atom. The number of thiophene rings is 1. The van der Waals surface area contributed by atoms with Gasteiger partial charge >= 0.3 is 0 Å². The fourth-order valence-electron chi connectivity index (χ4n) is 1.97. The zero-order chi connectivity index (χ0) is 17.7. The predicted molar refractivity (Wildman–Crippen MR) is 94.1 cm³/mol. The maximum absolute atomic E-state index is 11.9. The number of nitrogens with one attached hydrogen (secondary N) is 1. The van der Waals surface area contributed by atoms with Crippen molar-refractivity contribution < 1.29 is 17.9 Å². The second kappa shape index (κ2) is 7.78. The number of amides is 1. The maximum atomic E-state index is 11.9. The highest BCUT2D eigenvalue weighted by Gasteiger charge is 2.14. The Bertz CT molecular complexity index is 796. The number of hydrogen-bond acceptors (Lipinski definition) is 5. The van der Waals surface area contributed by atoms with E-state index in [9.17, 15) is 13.2 Å². The Hall–Kier alpha value is -1.90. The van der Waals surface area contributed by atoms with Crippen LogP contribution in [0.1, 0.15) is 35.7 Å². The SMILES string of the molecule is CC(C)c1ccc(OCCNC(=O)c2csc(S(N)(=O)=O)c2)cc1. The number of carbonyl (C=O) groups is 1. The molecule has 2 rings (SSSR count). The number of ether oxygens (including phenoxy) is 1. The lowest BCUT2D eigenvalue weighted by Crippen LogP contribution is -2.27. The highest BCUT2D eigenvalue weighted by atomic mass is 32.2. The normalized spacial score (nSPS) is 11.5. The fraction of sp³-hybridized carbons (Fsp3) is 0.312. The molecule has 1 aromatic carbocycles. The molecular weight excluding hydrogens is 348 g/mol. The van der Waals surface area contributed by atoms with Crippen LogP contribution < -0.4 is 15.2 Å². The van der Waals surface area contributed by atoms with E-state index in [4.69, 9.17) is 9.88 Å². The first-order valence-corrected chi connectivity index (χ1v) is 9.82. The van der Waals surface area contributed by atoms with E-state index in [-0.39, 0.29) is 15.7 Å². The van der Waals surface area contributed by atoms with E-state index < -0.39 is 10.0 Å². The summed E-state index contributed by atoms with van der Waals surface area (Å²) >= 11 is 0.919. The first-order chi connectivity index (χ1) is 11.3. The molecule has 6 nitrogen and oxygen atoms in total. The van der Waals surface area contributed by atoms with Gasteiger partial charge in [0, 0.05) is 5.38 Å². The van der Waals surface area contributed by atoms with Gasteiger partial charge in [-0.1, -0.05) is 26.0 Å². The lowest BCUT2D eigenvalue weighted by atomic mass is 10.0. The van der Waals surface area contributed by atoms with Crippen molar-refractivity contribution in [3.8, 4) is 5.75 Å². The monoisotopic (exact) mass is 368 g/mol. The van der Waals surface area contributed by atoms with E-state index in [2.05, 4.69) is 19.2 Å². The molecule has 0 saturated carbocycles. The Labute approximate surface area is 145 Å². The zero-order valence-corrected chi connectivity index (χ0v) is 15.1. The van der Waals surface area contributed by atoms with Gasteiger partial charge in [-0.3, -0.25) is 4.79 Å². The summed E-state index contributed by atoms with van der Waals surface area (Å²) in [5.74, 6) is 0.840. The summed E-state index contributed by atoms with van der Waals surface area (Å²) in [5.41, 5.74) is 1.50. The fourth-order valence-corrected chi connectivity index (χ4v) is 3.55. The molecule has 24 heavy (non-hydrogen) atoms. The van der Waals surface area contributed by atoms with Crippen LogP contribution in [-0.4, -0.2) is 27.5 Å². The molecule has 2 aromatic rings. The Morgan fingerprint density at radius 3 is 2.50 bits per heavy atom. The molecule has 1 aromatic heterocycles. The van der Waals surface area contributed by atoms with Crippen LogP contribution >= 0.6 is 11.3 Å². The smallest absolute Gasteiger partial charge is 0.252 e. The van der Waals surface area contributed by atoms with E-state index in [1.807, 2.05) is 24.3 Å². The summed E-state index contributed by atoms with van der Waals surface area (Å²) in [4.78, 5) is 11.9. The third-order valence-corrected chi connectivity index (χ3v) is 5.71. The van der Waals surface area contributed by atoms with Crippen LogP contribution in [0.2, 0.25) is 0 Å². The number of nitrogens with two attached hydrogens (primary N) is 1. The standard InChI is InChI=1S/C16H20N2O4S2/c1-11(2)12-3-5-14(6-4-12)22-8-7-18-16(19)13-9-15(23-10-13)24(17,20)21/h3-6,9-11H,7-8H2,1-2H3,(H,18,19)(H2,17,20,21). The van der Waals surface area contributed by atoms with Gasteiger partial charge in [-0.15, -0.1) is 11.3 Å². The van der Waals surface area contributed by atoms with Gasteiger partial charge < -0.3 is 10.1 Å². The summed E-state index contributed by atoms with van der Waals surface area (Å²) in [5, 5.41) is 9.15. The van der Waals surface area contributed by atoms with Crippen LogP contribution in [-0.2, 0) is 10.0 Å². The second-order valence-electron chi connectivity index (χ2n) is 5.53. The molecule has 8 heteroatoms. The first kappa shape index (κ1) is 18.4. The molecule has 0 unspecified atom stereocenters. The van der Waals surface area contributed by atoms with Crippen LogP contribution in [0.3, 0.4) is 0 Å². The molecule has 0 aliphatic carbocycles. The number of rotatable bonds is 7. The molecule has 0 atom stereocenters. The van der Waals surface area contributed by atoms with E-state index in [1.165, 1.54) is 17.0 Å². The number of hydrogen-bond donors (Lipinski definition) is 2. The second-order valence-corrected chi connectivity index (χ2v) is 8.23.